The second-order valence-electron chi connectivity index (χ2n) is 4.10. The number of benzene rings is 1. The van der Waals surface area contributed by atoms with E-state index < -0.39 is 11.7 Å². The standard InChI is InChI=1S/C12H14FNO/c1-9-5-4-6-10(7-9)11(14-8-15)12(2,3)13/h4-7,11H,1-3H3. The maximum Gasteiger partial charge on any atom is 0.235 e. The first kappa shape index (κ1) is 11.6. The normalized spacial score (nSPS) is 13.1. The largest absolute Gasteiger partial charge is 0.242 e. The summed E-state index contributed by atoms with van der Waals surface area (Å²) in [6.07, 6.45) is 1.43. The highest BCUT2D eigenvalue weighted by molar-refractivity contribution is 5.37. The van der Waals surface area contributed by atoms with E-state index in [1.807, 2.05) is 25.1 Å². The Morgan fingerprint density at radius 3 is 2.60 bits per heavy atom. The minimum absolute atomic E-state index is 0.700. The molecule has 15 heavy (non-hydrogen) atoms. The minimum atomic E-state index is -1.56. The molecule has 2 nitrogen and oxygen atoms in total. The van der Waals surface area contributed by atoms with Crippen molar-refractivity contribution in [1.82, 2.24) is 0 Å². The van der Waals surface area contributed by atoms with E-state index in [0.717, 1.165) is 5.56 Å². The molecule has 0 heterocycles. The lowest BCUT2D eigenvalue weighted by Gasteiger charge is -2.22. The van der Waals surface area contributed by atoms with Crippen LogP contribution in [0.2, 0.25) is 0 Å². The molecule has 1 atom stereocenters. The molecule has 0 spiro atoms. The molecule has 0 saturated carbocycles. The lowest BCUT2D eigenvalue weighted by Crippen LogP contribution is -2.22. The zero-order valence-corrected chi connectivity index (χ0v) is 9.12. The Morgan fingerprint density at radius 2 is 2.13 bits per heavy atom. The van der Waals surface area contributed by atoms with Crippen LogP contribution in [-0.4, -0.2) is 11.7 Å². The van der Waals surface area contributed by atoms with Crippen molar-refractivity contribution >= 4 is 6.08 Å². The summed E-state index contributed by atoms with van der Waals surface area (Å²) in [6, 6.07) is 6.54. The number of halogens is 1. The molecule has 1 aromatic carbocycles. The Hall–Kier alpha value is -1.47. The van der Waals surface area contributed by atoms with E-state index in [2.05, 4.69) is 4.99 Å². The van der Waals surface area contributed by atoms with Crippen molar-refractivity contribution < 1.29 is 9.18 Å². The van der Waals surface area contributed by atoms with Gasteiger partial charge >= 0.3 is 0 Å². The number of hydrogen-bond acceptors (Lipinski definition) is 2. The predicted octanol–water partition coefficient (Wildman–Crippen LogP) is 3.12. The van der Waals surface area contributed by atoms with Crippen molar-refractivity contribution in [3.8, 4) is 0 Å². The van der Waals surface area contributed by atoms with Crippen molar-refractivity contribution in [1.29, 1.82) is 0 Å². The molecule has 1 unspecified atom stereocenters. The maximum atomic E-state index is 13.8. The predicted molar refractivity (Wildman–Crippen MR) is 57.2 cm³/mol. The van der Waals surface area contributed by atoms with Gasteiger partial charge in [-0.05, 0) is 26.3 Å². The average Bonchev–Trinajstić information content (AvgIpc) is 2.12. The zero-order valence-electron chi connectivity index (χ0n) is 9.12. The Bertz CT molecular complexity index is 389. The van der Waals surface area contributed by atoms with Gasteiger partial charge < -0.3 is 0 Å². The van der Waals surface area contributed by atoms with Crippen LogP contribution in [-0.2, 0) is 4.79 Å². The van der Waals surface area contributed by atoms with Gasteiger partial charge in [0.05, 0.1) is 0 Å². The number of rotatable bonds is 3. The first-order valence-corrected chi connectivity index (χ1v) is 4.77. The van der Waals surface area contributed by atoms with Gasteiger partial charge in [0.15, 0.2) is 0 Å². The van der Waals surface area contributed by atoms with Crippen LogP contribution in [0, 0.1) is 6.92 Å². The average molecular weight is 207 g/mol. The summed E-state index contributed by atoms with van der Waals surface area (Å²) in [5.41, 5.74) is 0.152. The van der Waals surface area contributed by atoms with Crippen LogP contribution in [0.25, 0.3) is 0 Å². The monoisotopic (exact) mass is 207 g/mol. The van der Waals surface area contributed by atoms with Gasteiger partial charge in [-0.2, -0.15) is 4.99 Å². The summed E-state index contributed by atoms with van der Waals surface area (Å²) in [6.45, 7) is 4.72. The first-order chi connectivity index (χ1) is 6.95. The van der Waals surface area contributed by atoms with Crippen LogP contribution >= 0.6 is 0 Å². The Balaban J connectivity index is 3.16. The van der Waals surface area contributed by atoms with Gasteiger partial charge in [-0.25, -0.2) is 9.18 Å². The van der Waals surface area contributed by atoms with E-state index in [-0.39, 0.29) is 0 Å². The van der Waals surface area contributed by atoms with Gasteiger partial charge in [-0.3, -0.25) is 0 Å². The summed E-state index contributed by atoms with van der Waals surface area (Å²) in [7, 11) is 0. The smallest absolute Gasteiger partial charge is 0.235 e. The number of aliphatic imine (C=N–C) groups is 1. The Morgan fingerprint density at radius 1 is 1.47 bits per heavy atom. The van der Waals surface area contributed by atoms with Gasteiger partial charge in [0, 0.05) is 0 Å². The second kappa shape index (κ2) is 4.37. The van der Waals surface area contributed by atoms with E-state index >= 15 is 0 Å². The number of isocyanates is 1. The van der Waals surface area contributed by atoms with Gasteiger partial charge in [0.2, 0.25) is 6.08 Å². The molecule has 0 aliphatic heterocycles. The van der Waals surface area contributed by atoms with Crippen molar-refractivity contribution in [2.45, 2.75) is 32.5 Å². The molecule has 0 aliphatic rings. The highest BCUT2D eigenvalue weighted by atomic mass is 19.1. The Labute approximate surface area is 88.8 Å². The molecule has 0 N–H and O–H groups in total. The third kappa shape index (κ3) is 3.00. The summed E-state index contributed by atoms with van der Waals surface area (Å²) in [5, 5.41) is 0. The fraction of sp³-hybridized carbons (Fsp3) is 0.417. The molecule has 0 fully saturated rings. The van der Waals surface area contributed by atoms with E-state index in [4.69, 9.17) is 0 Å². The van der Waals surface area contributed by atoms with E-state index in [9.17, 15) is 9.18 Å². The molecular weight excluding hydrogens is 193 g/mol. The molecule has 3 heteroatoms. The van der Waals surface area contributed by atoms with Crippen LogP contribution in [0.1, 0.15) is 31.0 Å². The molecule has 0 radical (unpaired) electrons. The molecule has 0 saturated heterocycles. The molecular formula is C12H14FNO. The van der Waals surface area contributed by atoms with Crippen LogP contribution in [0.15, 0.2) is 29.3 Å². The second-order valence-corrected chi connectivity index (χ2v) is 4.10. The summed E-state index contributed by atoms with van der Waals surface area (Å²) >= 11 is 0. The fourth-order valence-corrected chi connectivity index (χ4v) is 1.52. The molecule has 0 amide bonds. The Kier molecular flexibility index (Phi) is 3.38. The SMILES string of the molecule is Cc1cccc(C(N=C=O)C(C)(C)F)c1. The van der Waals surface area contributed by atoms with Gasteiger partial charge in [-0.15, -0.1) is 0 Å². The number of aryl methyl sites for hydroxylation is 1. The quantitative estimate of drug-likeness (QED) is 0.553. The van der Waals surface area contributed by atoms with Gasteiger partial charge in [0.25, 0.3) is 0 Å². The molecule has 1 aromatic rings. The molecule has 0 bridgehead atoms. The zero-order chi connectivity index (χ0) is 11.5. The summed E-state index contributed by atoms with van der Waals surface area (Å²) in [4.78, 5) is 13.8. The van der Waals surface area contributed by atoms with Crippen molar-refractivity contribution in [3.05, 3.63) is 35.4 Å². The lowest BCUT2D eigenvalue weighted by molar-refractivity contribution is 0.175. The number of alkyl halides is 1. The first-order valence-electron chi connectivity index (χ1n) is 4.77. The molecule has 80 valence electrons. The fourth-order valence-electron chi connectivity index (χ4n) is 1.52. The van der Waals surface area contributed by atoms with E-state index in [0.29, 0.717) is 5.56 Å². The number of nitrogens with zero attached hydrogens (tertiary/aromatic N) is 1. The topological polar surface area (TPSA) is 29.4 Å². The highest BCUT2D eigenvalue weighted by Gasteiger charge is 2.30. The highest BCUT2D eigenvalue weighted by Crippen LogP contribution is 2.32. The molecule has 0 aliphatic carbocycles. The van der Waals surface area contributed by atoms with E-state index in [1.54, 1.807) is 6.07 Å². The maximum absolute atomic E-state index is 13.8. The van der Waals surface area contributed by atoms with Crippen LogP contribution in [0.4, 0.5) is 4.39 Å². The summed E-state index contributed by atoms with van der Waals surface area (Å²) in [5.74, 6) is 0. The molecule has 1 rings (SSSR count). The van der Waals surface area contributed by atoms with E-state index in [1.165, 1.54) is 19.9 Å². The summed E-state index contributed by atoms with van der Waals surface area (Å²) < 4.78 is 13.8. The van der Waals surface area contributed by atoms with Gasteiger partial charge in [-0.1, -0.05) is 29.8 Å². The van der Waals surface area contributed by atoms with Crippen LogP contribution in [0.5, 0.6) is 0 Å². The van der Waals surface area contributed by atoms with Gasteiger partial charge in [0.1, 0.15) is 11.7 Å². The minimum Gasteiger partial charge on any atom is -0.242 e. The van der Waals surface area contributed by atoms with Crippen LogP contribution in [0.3, 0.4) is 0 Å². The molecule has 0 aromatic heterocycles. The van der Waals surface area contributed by atoms with Crippen molar-refractivity contribution in [3.63, 3.8) is 0 Å². The third-order valence-corrected chi connectivity index (χ3v) is 2.19. The number of hydrogen-bond donors (Lipinski definition) is 0. The third-order valence-electron chi connectivity index (χ3n) is 2.19. The van der Waals surface area contributed by atoms with Crippen molar-refractivity contribution in [2.75, 3.05) is 0 Å². The van der Waals surface area contributed by atoms with Crippen molar-refractivity contribution in [2.24, 2.45) is 4.99 Å². The van der Waals surface area contributed by atoms with Crippen LogP contribution < -0.4 is 0 Å². The lowest BCUT2D eigenvalue weighted by atomic mass is 9.93. The number of carbonyl (C=O) groups excluding carboxylic acids is 1.